The molecule has 29 heavy (non-hydrogen) atoms. The monoisotopic (exact) mass is 410 g/mol. The summed E-state index contributed by atoms with van der Waals surface area (Å²) in [5.41, 5.74) is 3.14. The molecule has 1 aliphatic rings. The van der Waals surface area contributed by atoms with E-state index in [0.717, 1.165) is 16.7 Å². The van der Waals surface area contributed by atoms with Crippen LogP contribution < -0.4 is 16.0 Å². The van der Waals surface area contributed by atoms with Crippen LogP contribution in [0.5, 0.6) is 0 Å². The van der Waals surface area contributed by atoms with Crippen LogP contribution in [0.4, 0.5) is 0 Å². The Labute approximate surface area is 175 Å². The second-order valence-corrected chi connectivity index (χ2v) is 7.71. The normalized spacial score (nSPS) is 18.8. The van der Waals surface area contributed by atoms with Crippen LogP contribution in [0.25, 0.3) is 0 Å². The van der Waals surface area contributed by atoms with Crippen LogP contribution in [0.15, 0.2) is 36.7 Å². The van der Waals surface area contributed by atoms with Gasteiger partial charge in [0.25, 0.3) is 0 Å². The van der Waals surface area contributed by atoms with Gasteiger partial charge >= 0.3 is 0 Å². The fraction of sp³-hybridized carbons (Fsp3) is 0.318. The predicted molar refractivity (Wildman–Crippen MR) is 112 cm³/mol. The molecule has 2 atom stereocenters. The van der Waals surface area contributed by atoms with E-state index in [0.29, 0.717) is 17.1 Å². The number of pyridine rings is 1. The molecule has 0 spiro atoms. The molecule has 1 aromatic carbocycles. The first-order valence-corrected chi connectivity index (χ1v) is 9.78. The number of amides is 2. The van der Waals surface area contributed by atoms with Crippen LogP contribution in [0.3, 0.4) is 0 Å². The van der Waals surface area contributed by atoms with Crippen molar-refractivity contribution in [3.8, 4) is 12.3 Å². The first-order valence-electron chi connectivity index (χ1n) is 9.40. The smallest absolute Gasteiger partial charge is 0.223 e. The number of halogens is 1. The van der Waals surface area contributed by atoms with Gasteiger partial charge in [0.15, 0.2) is 0 Å². The number of nitrogens with one attached hydrogen (secondary N) is 3. The molecule has 1 aromatic heterocycles. The Hall–Kier alpha value is -2.88. The van der Waals surface area contributed by atoms with E-state index < -0.39 is 6.17 Å². The highest BCUT2D eigenvalue weighted by atomic mass is 35.5. The van der Waals surface area contributed by atoms with Crippen LogP contribution in [-0.4, -0.2) is 16.8 Å². The van der Waals surface area contributed by atoms with E-state index in [9.17, 15) is 9.59 Å². The highest BCUT2D eigenvalue weighted by molar-refractivity contribution is 6.31. The average Bonchev–Trinajstić information content (AvgIpc) is 2.72. The lowest BCUT2D eigenvalue weighted by Gasteiger charge is -2.32. The number of hydrogen-bond acceptors (Lipinski definition) is 4. The number of benzene rings is 1. The summed E-state index contributed by atoms with van der Waals surface area (Å²) >= 11 is 6.41. The largest absolute Gasteiger partial charge is 0.352 e. The summed E-state index contributed by atoms with van der Waals surface area (Å²) in [6.45, 7) is 4.07. The van der Waals surface area contributed by atoms with E-state index >= 15 is 0 Å². The summed E-state index contributed by atoms with van der Waals surface area (Å²) < 4.78 is 0. The number of terminal acetylenes is 1. The van der Waals surface area contributed by atoms with Crippen molar-refractivity contribution in [2.24, 2.45) is 5.92 Å². The Morgan fingerprint density at radius 3 is 2.90 bits per heavy atom. The van der Waals surface area contributed by atoms with Crippen LogP contribution in [0.1, 0.15) is 54.7 Å². The summed E-state index contributed by atoms with van der Waals surface area (Å²) in [7, 11) is 0. The van der Waals surface area contributed by atoms with Gasteiger partial charge in [0, 0.05) is 53.5 Å². The lowest BCUT2D eigenvalue weighted by atomic mass is 9.98. The molecule has 3 rings (SSSR count). The van der Waals surface area contributed by atoms with Crippen molar-refractivity contribution in [1.82, 2.24) is 20.9 Å². The second kappa shape index (κ2) is 9.08. The van der Waals surface area contributed by atoms with Crippen molar-refractivity contribution in [3.63, 3.8) is 0 Å². The number of carbonyl (C=O) groups is 2. The van der Waals surface area contributed by atoms with E-state index in [1.807, 2.05) is 32.0 Å². The lowest BCUT2D eigenvalue weighted by Crippen LogP contribution is -2.46. The molecule has 0 bridgehead atoms. The summed E-state index contributed by atoms with van der Waals surface area (Å²) in [6.07, 6.45) is 8.57. The van der Waals surface area contributed by atoms with Gasteiger partial charge in [-0.1, -0.05) is 37.4 Å². The summed E-state index contributed by atoms with van der Waals surface area (Å²) in [5, 5.41) is 9.75. The number of rotatable bonds is 5. The van der Waals surface area contributed by atoms with Gasteiger partial charge in [0.2, 0.25) is 11.8 Å². The van der Waals surface area contributed by atoms with Crippen LogP contribution in [0, 0.1) is 18.3 Å². The molecule has 7 heteroatoms. The minimum Gasteiger partial charge on any atom is -0.352 e. The molecule has 150 valence electrons. The third kappa shape index (κ3) is 5.14. The zero-order valence-electron chi connectivity index (χ0n) is 16.3. The predicted octanol–water partition coefficient (Wildman–Crippen LogP) is 2.84. The standard InChI is InChI=1S/C22H23ClN4O2/c1-4-14-7-16(12-24-10-14)19-9-20(28)27-21(26-19)17-8-15(5-6-18(17)23)11-25-22(29)13(2)3/h1,5-8,10,12-13,19,21,26H,9,11H2,2-3H3,(H,25,29)(H,27,28). The van der Waals surface area contributed by atoms with Crippen LogP contribution in [-0.2, 0) is 16.1 Å². The molecule has 2 aromatic rings. The maximum absolute atomic E-state index is 12.4. The van der Waals surface area contributed by atoms with Gasteiger partial charge in [-0.15, -0.1) is 6.42 Å². The van der Waals surface area contributed by atoms with Gasteiger partial charge in [-0.2, -0.15) is 0 Å². The molecular weight excluding hydrogens is 388 g/mol. The maximum atomic E-state index is 12.4. The van der Waals surface area contributed by atoms with E-state index in [1.165, 1.54) is 0 Å². The molecule has 1 fully saturated rings. The molecule has 2 amide bonds. The fourth-order valence-electron chi connectivity index (χ4n) is 3.13. The highest BCUT2D eigenvalue weighted by Crippen LogP contribution is 2.29. The first-order chi connectivity index (χ1) is 13.9. The zero-order chi connectivity index (χ0) is 21.0. The van der Waals surface area contributed by atoms with Crippen molar-refractivity contribution >= 4 is 23.4 Å². The van der Waals surface area contributed by atoms with Crippen molar-refractivity contribution in [2.45, 2.75) is 39.0 Å². The molecule has 1 aliphatic heterocycles. The van der Waals surface area contributed by atoms with E-state index in [-0.39, 0.29) is 30.2 Å². The second-order valence-electron chi connectivity index (χ2n) is 7.30. The average molecular weight is 411 g/mol. The van der Waals surface area contributed by atoms with E-state index in [1.54, 1.807) is 18.5 Å². The van der Waals surface area contributed by atoms with Crippen LogP contribution >= 0.6 is 11.6 Å². The van der Waals surface area contributed by atoms with Crippen LogP contribution in [0.2, 0.25) is 5.02 Å². The molecule has 0 saturated carbocycles. The first kappa shape index (κ1) is 20.8. The number of carbonyl (C=O) groups excluding carboxylic acids is 2. The summed E-state index contributed by atoms with van der Waals surface area (Å²) in [6, 6.07) is 7.12. The Morgan fingerprint density at radius 1 is 1.38 bits per heavy atom. The number of hydrogen-bond donors (Lipinski definition) is 3. The summed E-state index contributed by atoms with van der Waals surface area (Å²) in [4.78, 5) is 28.4. The van der Waals surface area contributed by atoms with E-state index in [4.69, 9.17) is 18.0 Å². The third-order valence-corrected chi connectivity index (χ3v) is 5.10. The molecule has 0 radical (unpaired) electrons. The molecule has 0 aliphatic carbocycles. The quantitative estimate of drug-likeness (QED) is 0.662. The highest BCUT2D eigenvalue weighted by Gasteiger charge is 2.29. The summed E-state index contributed by atoms with van der Waals surface area (Å²) in [5.74, 6) is 2.35. The SMILES string of the molecule is C#Cc1cncc(C2CC(=O)NC(c3cc(CNC(=O)C(C)C)ccc3Cl)N2)c1. The third-order valence-electron chi connectivity index (χ3n) is 4.75. The molecule has 3 N–H and O–H groups in total. The Bertz CT molecular complexity index is 968. The van der Waals surface area contributed by atoms with Gasteiger partial charge in [0.1, 0.15) is 6.17 Å². The van der Waals surface area contributed by atoms with Gasteiger partial charge in [-0.05, 0) is 29.3 Å². The molecule has 1 saturated heterocycles. The maximum Gasteiger partial charge on any atom is 0.223 e. The minimum atomic E-state index is -0.469. The van der Waals surface area contributed by atoms with Gasteiger partial charge < -0.3 is 10.6 Å². The van der Waals surface area contributed by atoms with Crippen molar-refractivity contribution in [3.05, 3.63) is 63.9 Å². The Kier molecular flexibility index (Phi) is 6.53. The molecule has 6 nitrogen and oxygen atoms in total. The topological polar surface area (TPSA) is 83.1 Å². The Balaban J connectivity index is 1.81. The van der Waals surface area contributed by atoms with E-state index in [2.05, 4.69) is 26.9 Å². The van der Waals surface area contributed by atoms with Crippen molar-refractivity contribution < 1.29 is 9.59 Å². The minimum absolute atomic E-state index is 0.0217. The number of nitrogens with zero attached hydrogens (tertiary/aromatic N) is 1. The van der Waals surface area contributed by atoms with Gasteiger partial charge in [-0.3, -0.25) is 19.9 Å². The zero-order valence-corrected chi connectivity index (χ0v) is 17.1. The van der Waals surface area contributed by atoms with Crippen molar-refractivity contribution in [2.75, 3.05) is 0 Å². The Morgan fingerprint density at radius 2 is 2.17 bits per heavy atom. The molecular formula is C22H23ClN4O2. The molecule has 2 heterocycles. The molecule has 2 unspecified atom stereocenters. The fourth-order valence-corrected chi connectivity index (χ4v) is 3.36. The lowest BCUT2D eigenvalue weighted by molar-refractivity contribution is -0.125. The van der Waals surface area contributed by atoms with Gasteiger partial charge in [-0.25, -0.2) is 0 Å². The van der Waals surface area contributed by atoms with Gasteiger partial charge in [0.05, 0.1) is 0 Å². The van der Waals surface area contributed by atoms with Crippen molar-refractivity contribution in [1.29, 1.82) is 0 Å². The number of aromatic nitrogens is 1.